The Balaban J connectivity index is 2.48. The number of fused-ring (bicyclic) bond motifs is 1. The molecular weight excluding hydrogens is 257 g/mol. The number of allylic oxidation sites excluding steroid dienone is 1. The third-order valence-electron chi connectivity index (χ3n) is 2.57. The average Bonchev–Trinajstić information content (AvgIpc) is 2.86. The van der Waals surface area contributed by atoms with E-state index >= 15 is 0 Å². The van der Waals surface area contributed by atoms with Crippen molar-refractivity contribution in [2.75, 3.05) is 0 Å². The Kier molecular flexibility index (Phi) is 3.62. The maximum absolute atomic E-state index is 13.2. The molecule has 2 heterocycles. The lowest BCUT2D eigenvalue weighted by Gasteiger charge is -2.01. The standard InChI is InChI=1S/C14H12FN5/c1-4-11-5-14-13(18-6-11)8-19-20(14)10(3)17-7-12(15)9(2)16/h1,5-8H,2,16H2,3H3/b12-7+,17-10?. The van der Waals surface area contributed by atoms with Crippen LogP contribution >= 0.6 is 0 Å². The summed E-state index contributed by atoms with van der Waals surface area (Å²) < 4.78 is 14.7. The van der Waals surface area contributed by atoms with Gasteiger partial charge in [0.2, 0.25) is 0 Å². The number of terminal acetylenes is 1. The summed E-state index contributed by atoms with van der Waals surface area (Å²) in [6, 6.07) is 1.76. The van der Waals surface area contributed by atoms with E-state index in [1.54, 1.807) is 25.4 Å². The van der Waals surface area contributed by atoms with Gasteiger partial charge >= 0.3 is 0 Å². The van der Waals surface area contributed by atoms with Gasteiger partial charge in [0.15, 0.2) is 5.83 Å². The normalized spacial score (nSPS) is 12.4. The minimum atomic E-state index is -0.691. The van der Waals surface area contributed by atoms with Crippen LogP contribution in [0.25, 0.3) is 11.0 Å². The molecule has 2 aromatic rings. The molecule has 0 aliphatic rings. The van der Waals surface area contributed by atoms with Crippen LogP contribution in [-0.2, 0) is 0 Å². The highest BCUT2D eigenvalue weighted by Gasteiger charge is 2.06. The molecule has 0 saturated heterocycles. The Morgan fingerprint density at radius 3 is 3.00 bits per heavy atom. The van der Waals surface area contributed by atoms with Gasteiger partial charge in [-0.3, -0.25) is 4.98 Å². The van der Waals surface area contributed by atoms with Crippen LogP contribution in [-0.4, -0.2) is 20.6 Å². The highest BCUT2D eigenvalue weighted by Crippen LogP contribution is 2.13. The van der Waals surface area contributed by atoms with Crippen molar-refractivity contribution in [3.05, 3.63) is 48.3 Å². The third-order valence-corrected chi connectivity index (χ3v) is 2.57. The van der Waals surface area contributed by atoms with Crippen molar-refractivity contribution < 1.29 is 4.39 Å². The molecule has 0 aliphatic heterocycles. The second-order valence-corrected chi connectivity index (χ2v) is 4.01. The predicted molar refractivity (Wildman–Crippen MR) is 76.5 cm³/mol. The molecule has 0 spiro atoms. The number of pyridine rings is 1. The summed E-state index contributed by atoms with van der Waals surface area (Å²) in [7, 11) is 0. The van der Waals surface area contributed by atoms with Crippen LogP contribution < -0.4 is 5.73 Å². The summed E-state index contributed by atoms with van der Waals surface area (Å²) in [6.07, 6.45) is 9.49. The lowest BCUT2D eigenvalue weighted by Crippen LogP contribution is -2.08. The van der Waals surface area contributed by atoms with Crippen molar-refractivity contribution in [1.29, 1.82) is 0 Å². The molecule has 2 aromatic heterocycles. The van der Waals surface area contributed by atoms with Gasteiger partial charge in [-0.1, -0.05) is 12.5 Å². The molecule has 0 radical (unpaired) electrons. The van der Waals surface area contributed by atoms with Gasteiger partial charge < -0.3 is 5.73 Å². The van der Waals surface area contributed by atoms with E-state index in [-0.39, 0.29) is 5.70 Å². The average molecular weight is 269 g/mol. The van der Waals surface area contributed by atoms with Gasteiger partial charge in [0, 0.05) is 11.8 Å². The molecule has 100 valence electrons. The number of hydrogen-bond acceptors (Lipinski definition) is 4. The first kappa shape index (κ1) is 13.5. The first-order valence-corrected chi connectivity index (χ1v) is 5.68. The number of nitrogens with zero attached hydrogens (tertiary/aromatic N) is 4. The van der Waals surface area contributed by atoms with Crippen molar-refractivity contribution in [3.8, 4) is 12.3 Å². The zero-order valence-corrected chi connectivity index (χ0v) is 10.8. The SMILES string of the molecule is C#Cc1cnc2cnn(C(C)=N/C=C(/F)C(=C)N)c2c1. The Morgan fingerprint density at radius 2 is 2.35 bits per heavy atom. The van der Waals surface area contributed by atoms with Crippen molar-refractivity contribution in [2.24, 2.45) is 10.7 Å². The largest absolute Gasteiger partial charge is 0.397 e. The zero-order chi connectivity index (χ0) is 14.7. The number of hydrogen-bond donors (Lipinski definition) is 1. The van der Waals surface area contributed by atoms with Gasteiger partial charge in [-0.25, -0.2) is 14.1 Å². The van der Waals surface area contributed by atoms with E-state index in [9.17, 15) is 4.39 Å². The number of nitrogens with two attached hydrogens (primary N) is 1. The minimum Gasteiger partial charge on any atom is -0.397 e. The third kappa shape index (κ3) is 2.57. The Morgan fingerprint density at radius 1 is 1.60 bits per heavy atom. The maximum Gasteiger partial charge on any atom is 0.163 e. The topological polar surface area (TPSA) is 69.1 Å². The Labute approximate surface area is 115 Å². The molecule has 20 heavy (non-hydrogen) atoms. The molecule has 0 atom stereocenters. The first-order valence-electron chi connectivity index (χ1n) is 5.68. The molecular formula is C14H12FN5. The Bertz CT molecular complexity index is 776. The Hall–Kier alpha value is -2.94. The van der Waals surface area contributed by atoms with Crippen molar-refractivity contribution in [3.63, 3.8) is 0 Å². The quantitative estimate of drug-likeness (QED) is 0.392. The highest BCUT2D eigenvalue weighted by molar-refractivity contribution is 5.91. The first-order chi connectivity index (χ1) is 9.52. The number of aromatic nitrogens is 3. The van der Waals surface area contributed by atoms with Gasteiger partial charge in [-0.15, -0.1) is 6.42 Å². The second kappa shape index (κ2) is 5.36. The van der Waals surface area contributed by atoms with Gasteiger partial charge in [-0.05, 0) is 13.0 Å². The van der Waals surface area contributed by atoms with Crippen LogP contribution in [0.15, 0.2) is 47.8 Å². The van der Waals surface area contributed by atoms with E-state index < -0.39 is 5.83 Å². The molecule has 0 aromatic carbocycles. The van der Waals surface area contributed by atoms with Crippen LogP contribution in [0.2, 0.25) is 0 Å². The molecule has 2 N–H and O–H groups in total. The number of rotatable bonds is 2. The highest BCUT2D eigenvalue weighted by atomic mass is 19.1. The lowest BCUT2D eigenvalue weighted by atomic mass is 10.2. The van der Waals surface area contributed by atoms with E-state index in [1.807, 2.05) is 0 Å². The summed E-state index contributed by atoms with van der Waals surface area (Å²) >= 11 is 0. The molecule has 5 nitrogen and oxygen atoms in total. The molecule has 0 saturated carbocycles. The van der Waals surface area contributed by atoms with Crippen LogP contribution in [0.5, 0.6) is 0 Å². The molecule has 6 heteroatoms. The molecule has 0 aliphatic carbocycles. The van der Waals surface area contributed by atoms with Gasteiger partial charge in [-0.2, -0.15) is 5.10 Å². The van der Waals surface area contributed by atoms with Crippen LogP contribution in [0, 0.1) is 12.3 Å². The molecule has 0 unspecified atom stereocenters. The van der Waals surface area contributed by atoms with E-state index in [4.69, 9.17) is 12.2 Å². The monoisotopic (exact) mass is 269 g/mol. The fourth-order valence-electron chi connectivity index (χ4n) is 1.53. The minimum absolute atomic E-state index is 0.178. The fraction of sp³-hybridized carbons (Fsp3) is 0.0714. The van der Waals surface area contributed by atoms with Gasteiger partial charge in [0.25, 0.3) is 0 Å². The summed E-state index contributed by atoms with van der Waals surface area (Å²) in [5.74, 6) is 2.26. The predicted octanol–water partition coefficient (Wildman–Crippen LogP) is 1.96. The van der Waals surface area contributed by atoms with Crippen molar-refractivity contribution >= 4 is 16.9 Å². The van der Waals surface area contributed by atoms with Crippen molar-refractivity contribution in [2.45, 2.75) is 6.92 Å². The summed E-state index contributed by atoms with van der Waals surface area (Å²) in [4.78, 5) is 8.13. The molecule has 0 amide bonds. The fourth-order valence-corrected chi connectivity index (χ4v) is 1.53. The molecule has 0 bridgehead atoms. The molecule has 0 fully saturated rings. The lowest BCUT2D eigenvalue weighted by molar-refractivity contribution is 0.646. The van der Waals surface area contributed by atoms with Crippen LogP contribution in [0.4, 0.5) is 4.39 Å². The van der Waals surface area contributed by atoms with Gasteiger partial charge in [0.05, 0.1) is 23.6 Å². The second-order valence-electron chi connectivity index (χ2n) is 4.01. The number of halogens is 1. The van der Waals surface area contributed by atoms with Crippen LogP contribution in [0.1, 0.15) is 12.5 Å². The van der Waals surface area contributed by atoms with E-state index in [1.165, 1.54) is 4.68 Å². The van der Waals surface area contributed by atoms with Crippen LogP contribution in [0.3, 0.4) is 0 Å². The van der Waals surface area contributed by atoms with E-state index in [0.29, 0.717) is 22.4 Å². The van der Waals surface area contributed by atoms with E-state index in [2.05, 4.69) is 27.6 Å². The maximum atomic E-state index is 13.2. The van der Waals surface area contributed by atoms with Gasteiger partial charge in [0.1, 0.15) is 11.4 Å². The molecule has 2 rings (SSSR count). The van der Waals surface area contributed by atoms with Crippen molar-refractivity contribution in [1.82, 2.24) is 14.8 Å². The zero-order valence-electron chi connectivity index (χ0n) is 10.8. The number of aliphatic imine (C=N–C) groups is 1. The smallest absolute Gasteiger partial charge is 0.163 e. The summed E-state index contributed by atoms with van der Waals surface area (Å²) in [6.45, 7) is 4.96. The summed E-state index contributed by atoms with van der Waals surface area (Å²) in [5.41, 5.74) is 7.03. The summed E-state index contributed by atoms with van der Waals surface area (Å²) in [5, 5.41) is 4.14. The van der Waals surface area contributed by atoms with E-state index in [0.717, 1.165) is 6.20 Å².